The lowest BCUT2D eigenvalue weighted by Gasteiger charge is -2.42. The molecule has 0 radical (unpaired) electrons. The van der Waals surface area contributed by atoms with Gasteiger partial charge in [0, 0.05) is 9.58 Å². The number of rotatable bonds is 7. The molecule has 1 N–H and O–H groups in total. The molecule has 2 nitrogen and oxygen atoms in total. The van der Waals surface area contributed by atoms with Gasteiger partial charge in [-0.1, -0.05) is 48.5 Å². The third-order valence-corrected chi connectivity index (χ3v) is 7.03. The van der Waals surface area contributed by atoms with Crippen LogP contribution in [0.15, 0.2) is 60.7 Å². The molecule has 4 rings (SSSR count). The zero-order chi connectivity index (χ0) is 17.8. The molecule has 0 spiro atoms. The van der Waals surface area contributed by atoms with E-state index in [4.69, 9.17) is 0 Å². The third kappa shape index (κ3) is 3.44. The van der Waals surface area contributed by atoms with E-state index in [2.05, 4.69) is 77.9 Å². The Hall–Kier alpha value is -1.68. The highest BCUT2D eigenvalue weighted by molar-refractivity contribution is 7.19. The number of nitrogens with zero attached hydrogens (tertiary/aromatic N) is 1. The Kier molecular flexibility index (Phi) is 5.39. The van der Waals surface area contributed by atoms with E-state index in [9.17, 15) is 0 Å². The largest absolute Gasteiger partial charge is 0.320 e. The molecule has 3 heteroatoms. The Balaban J connectivity index is 1.82. The van der Waals surface area contributed by atoms with Crippen LogP contribution in [0.3, 0.4) is 0 Å². The fraction of sp³-hybridized carbons (Fsp3) is 0.391. The van der Waals surface area contributed by atoms with Crippen molar-refractivity contribution in [1.29, 1.82) is 0 Å². The van der Waals surface area contributed by atoms with Crippen molar-refractivity contribution in [2.45, 2.75) is 31.2 Å². The fourth-order valence-corrected chi connectivity index (χ4v) is 5.65. The summed E-state index contributed by atoms with van der Waals surface area (Å²) >= 11 is 1.99. The average Bonchev–Trinajstić information content (AvgIpc) is 3.36. The van der Waals surface area contributed by atoms with E-state index in [1.165, 1.54) is 46.5 Å². The molecule has 26 heavy (non-hydrogen) atoms. The number of likely N-dealkylation sites (tertiary alicyclic amines) is 1. The number of benzene rings is 2. The van der Waals surface area contributed by atoms with Crippen LogP contribution in [0.5, 0.6) is 0 Å². The number of nitrogens with one attached hydrogen (secondary N) is 1. The summed E-state index contributed by atoms with van der Waals surface area (Å²) < 4.78 is 1.41. The van der Waals surface area contributed by atoms with Crippen molar-refractivity contribution in [3.63, 3.8) is 0 Å². The summed E-state index contributed by atoms with van der Waals surface area (Å²) in [7, 11) is 2.07. The van der Waals surface area contributed by atoms with Gasteiger partial charge in [-0.2, -0.15) is 0 Å². The smallest absolute Gasteiger partial charge is 0.0606 e. The van der Waals surface area contributed by atoms with Crippen LogP contribution in [-0.4, -0.2) is 31.6 Å². The molecule has 136 valence electrons. The van der Waals surface area contributed by atoms with E-state index in [0.717, 1.165) is 19.4 Å². The van der Waals surface area contributed by atoms with E-state index in [1.807, 2.05) is 11.3 Å². The lowest BCUT2D eigenvalue weighted by atomic mass is 9.84. The average molecular weight is 365 g/mol. The molecular formula is C23H28N2S. The minimum absolute atomic E-state index is 0.0878. The highest BCUT2D eigenvalue weighted by Crippen LogP contribution is 2.43. The fourth-order valence-electron chi connectivity index (χ4n) is 4.35. The molecule has 1 fully saturated rings. The molecule has 1 unspecified atom stereocenters. The highest BCUT2D eigenvalue weighted by Gasteiger charge is 2.40. The Morgan fingerprint density at radius 1 is 1.00 bits per heavy atom. The number of hydrogen-bond acceptors (Lipinski definition) is 3. The Bertz CT molecular complexity index is 803. The van der Waals surface area contributed by atoms with Crippen molar-refractivity contribution >= 4 is 21.4 Å². The van der Waals surface area contributed by atoms with Crippen molar-refractivity contribution in [2.75, 3.05) is 26.7 Å². The number of thiophene rings is 1. The normalized spacial score (nSPS) is 17.6. The molecule has 0 bridgehead atoms. The van der Waals surface area contributed by atoms with Crippen molar-refractivity contribution < 1.29 is 0 Å². The predicted octanol–water partition coefficient (Wildman–Crippen LogP) is 5.04. The molecule has 0 saturated carbocycles. The van der Waals surface area contributed by atoms with E-state index in [0.29, 0.717) is 0 Å². The zero-order valence-electron chi connectivity index (χ0n) is 15.6. The maximum Gasteiger partial charge on any atom is 0.0606 e. The molecule has 1 aliphatic rings. The van der Waals surface area contributed by atoms with Gasteiger partial charge in [-0.05, 0) is 75.4 Å². The van der Waals surface area contributed by atoms with Gasteiger partial charge in [0.05, 0.1) is 5.54 Å². The van der Waals surface area contributed by atoms with Gasteiger partial charge in [0.25, 0.3) is 0 Å². The molecule has 2 aromatic carbocycles. The van der Waals surface area contributed by atoms with Crippen molar-refractivity contribution in [3.05, 3.63) is 71.1 Å². The van der Waals surface area contributed by atoms with Crippen LogP contribution in [0.2, 0.25) is 0 Å². The topological polar surface area (TPSA) is 15.3 Å². The molecule has 1 aromatic heterocycles. The molecular weight excluding hydrogens is 336 g/mol. The Labute approximate surface area is 160 Å². The summed E-state index contributed by atoms with van der Waals surface area (Å²) in [4.78, 5) is 4.29. The Morgan fingerprint density at radius 3 is 2.46 bits per heavy atom. The lowest BCUT2D eigenvalue weighted by Crippen LogP contribution is -2.47. The van der Waals surface area contributed by atoms with Gasteiger partial charge in [0.15, 0.2) is 0 Å². The van der Waals surface area contributed by atoms with Crippen molar-refractivity contribution in [2.24, 2.45) is 0 Å². The quantitative estimate of drug-likeness (QED) is 0.631. The van der Waals surface area contributed by atoms with Crippen molar-refractivity contribution in [3.8, 4) is 0 Å². The molecule has 3 aromatic rings. The van der Waals surface area contributed by atoms with Gasteiger partial charge in [-0.15, -0.1) is 11.3 Å². The van der Waals surface area contributed by atoms with Crippen LogP contribution in [0.4, 0.5) is 0 Å². The maximum absolute atomic E-state index is 3.41. The molecule has 0 aliphatic carbocycles. The van der Waals surface area contributed by atoms with Crippen molar-refractivity contribution in [1.82, 2.24) is 10.2 Å². The first-order valence-electron chi connectivity index (χ1n) is 9.74. The van der Waals surface area contributed by atoms with Gasteiger partial charge in [0.1, 0.15) is 0 Å². The standard InChI is InChI=1S/C23H28N2S/c1-24-14-13-23(25-15-7-8-16-25,18-19-9-3-2-4-10-19)22-17-20-11-5-6-12-21(20)26-22/h2-6,9-12,17,24H,7-8,13-16,18H2,1H3. The minimum Gasteiger partial charge on any atom is -0.320 e. The second kappa shape index (κ2) is 7.91. The summed E-state index contributed by atoms with van der Waals surface area (Å²) in [5.41, 5.74) is 1.53. The molecule has 1 aliphatic heterocycles. The van der Waals surface area contributed by atoms with Crippen LogP contribution >= 0.6 is 11.3 Å². The second-order valence-corrected chi connectivity index (χ2v) is 8.47. The monoisotopic (exact) mass is 364 g/mol. The van der Waals surface area contributed by atoms with Crippen LogP contribution in [0, 0.1) is 0 Å². The van der Waals surface area contributed by atoms with Crippen LogP contribution in [0.1, 0.15) is 29.7 Å². The first kappa shape index (κ1) is 17.7. The first-order chi connectivity index (χ1) is 12.8. The van der Waals surface area contributed by atoms with E-state index < -0.39 is 0 Å². The summed E-state index contributed by atoms with van der Waals surface area (Å²) in [6, 6.07) is 22.3. The number of hydrogen-bond donors (Lipinski definition) is 1. The van der Waals surface area contributed by atoms with E-state index in [1.54, 1.807) is 0 Å². The molecule has 0 amide bonds. The predicted molar refractivity (Wildman–Crippen MR) is 113 cm³/mol. The first-order valence-corrected chi connectivity index (χ1v) is 10.6. The number of fused-ring (bicyclic) bond motifs is 1. The summed E-state index contributed by atoms with van der Waals surface area (Å²) in [6.07, 6.45) is 4.87. The summed E-state index contributed by atoms with van der Waals surface area (Å²) in [5, 5.41) is 4.80. The van der Waals surface area contributed by atoms with E-state index >= 15 is 0 Å². The van der Waals surface area contributed by atoms with E-state index in [-0.39, 0.29) is 5.54 Å². The van der Waals surface area contributed by atoms with Crippen LogP contribution in [-0.2, 0) is 12.0 Å². The van der Waals surface area contributed by atoms with Gasteiger partial charge in [-0.25, -0.2) is 0 Å². The van der Waals surface area contributed by atoms with Crippen LogP contribution < -0.4 is 5.32 Å². The third-order valence-electron chi connectivity index (χ3n) is 5.72. The summed E-state index contributed by atoms with van der Waals surface area (Å²) in [5.74, 6) is 0. The SMILES string of the molecule is CNCCC(Cc1ccccc1)(c1cc2ccccc2s1)N1CCCC1. The highest BCUT2D eigenvalue weighted by atomic mass is 32.1. The Morgan fingerprint density at radius 2 is 1.73 bits per heavy atom. The second-order valence-electron chi connectivity index (χ2n) is 7.39. The zero-order valence-corrected chi connectivity index (χ0v) is 16.4. The van der Waals surface area contributed by atoms with Gasteiger partial charge in [0.2, 0.25) is 0 Å². The molecule has 1 atom stereocenters. The molecule has 2 heterocycles. The summed E-state index contributed by atoms with van der Waals surface area (Å²) in [6.45, 7) is 3.47. The minimum atomic E-state index is 0.0878. The van der Waals surface area contributed by atoms with Gasteiger partial charge in [-0.3, -0.25) is 4.90 Å². The van der Waals surface area contributed by atoms with Gasteiger partial charge < -0.3 is 5.32 Å². The lowest BCUT2D eigenvalue weighted by molar-refractivity contribution is 0.107. The van der Waals surface area contributed by atoms with Crippen LogP contribution in [0.25, 0.3) is 10.1 Å². The maximum atomic E-state index is 3.41. The molecule has 1 saturated heterocycles. The van der Waals surface area contributed by atoms with Gasteiger partial charge >= 0.3 is 0 Å².